The van der Waals surface area contributed by atoms with E-state index < -0.39 is 53.5 Å². The Morgan fingerprint density at radius 1 is 0.773 bits per heavy atom. The van der Waals surface area contributed by atoms with Crippen LogP contribution in [0.5, 0.6) is 0 Å². The molecule has 0 radical (unpaired) electrons. The zero-order valence-electron chi connectivity index (χ0n) is 26.2. The van der Waals surface area contributed by atoms with Crippen molar-refractivity contribution in [3.8, 4) is 6.07 Å². The molecule has 0 aliphatic heterocycles. The van der Waals surface area contributed by atoms with Gasteiger partial charge < -0.3 is 25.4 Å². The Hall–Kier alpha value is -4.72. The van der Waals surface area contributed by atoms with E-state index in [4.69, 9.17) is 14.7 Å². The molecule has 2 atom stereocenters. The van der Waals surface area contributed by atoms with Crippen molar-refractivity contribution in [1.29, 1.82) is 5.26 Å². The summed E-state index contributed by atoms with van der Waals surface area (Å²) in [5.74, 6) is -3.01. The molecule has 0 aliphatic rings. The van der Waals surface area contributed by atoms with E-state index in [1.807, 2.05) is 12.1 Å². The second-order valence-electron chi connectivity index (χ2n) is 12.3. The first-order chi connectivity index (χ1) is 20.5. The van der Waals surface area contributed by atoms with Crippen LogP contribution in [0.3, 0.4) is 0 Å². The summed E-state index contributed by atoms with van der Waals surface area (Å²) < 4.78 is 10.9. The van der Waals surface area contributed by atoms with Crippen molar-refractivity contribution in [2.45, 2.75) is 96.9 Å². The number of nitriles is 1. The van der Waals surface area contributed by atoms with Gasteiger partial charge in [0.25, 0.3) is 0 Å². The van der Waals surface area contributed by atoms with Gasteiger partial charge >= 0.3 is 11.9 Å². The number of ether oxygens (including phenoxy) is 2. The van der Waals surface area contributed by atoms with E-state index in [0.717, 1.165) is 5.56 Å². The standard InChI is InChI=1S/C33H42N4O7/c1-32(2,3)43-29(40)20-25(36-28(39)14-10-13-27(38)35-24-17-15-23(21-34)16-18-24)30(41)37-26(31(42)44-33(4,5)6)19-22-11-8-7-9-12-22/h7-9,11-12,15-18,25-26H,10,13-14,19-20H2,1-6H3,(H,35,38)(H,36,39)(H,37,41)/t25-,26-/m0/s1. The second kappa shape index (κ2) is 16.2. The maximum Gasteiger partial charge on any atom is 0.329 e. The van der Waals surface area contributed by atoms with Gasteiger partial charge in [-0.15, -0.1) is 0 Å². The Bertz CT molecular complexity index is 1340. The van der Waals surface area contributed by atoms with Crippen molar-refractivity contribution in [2.75, 3.05) is 5.32 Å². The first kappa shape index (κ1) is 35.5. The highest BCUT2D eigenvalue weighted by Gasteiger charge is 2.32. The van der Waals surface area contributed by atoms with Gasteiger partial charge in [-0.25, -0.2) is 4.79 Å². The number of carbonyl (C=O) groups excluding carboxylic acids is 5. The van der Waals surface area contributed by atoms with E-state index in [2.05, 4.69) is 16.0 Å². The zero-order chi connectivity index (χ0) is 32.9. The molecule has 3 N–H and O–H groups in total. The van der Waals surface area contributed by atoms with E-state index in [1.165, 1.54) is 0 Å². The molecule has 44 heavy (non-hydrogen) atoms. The number of carbonyl (C=O) groups is 5. The number of nitrogens with one attached hydrogen (secondary N) is 3. The number of hydrogen-bond donors (Lipinski definition) is 3. The summed E-state index contributed by atoms with van der Waals surface area (Å²) in [4.78, 5) is 64.3. The Kier molecular flexibility index (Phi) is 13.1. The molecule has 0 heterocycles. The van der Waals surface area contributed by atoms with Crippen molar-refractivity contribution >= 4 is 35.3 Å². The minimum Gasteiger partial charge on any atom is -0.460 e. The van der Waals surface area contributed by atoms with Gasteiger partial charge in [0.2, 0.25) is 17.7 Å². The van der Waals surface area contributed by atoms with Gasteiger partial charge in [0.1, 0.15) is 23.3 Å². The Morgan fingerprint density at radius 2 is 1.36 bits per heavy atom. The normalized spacial score (nSPS) is 12.6. The molecule has 0 aromatic heterocycles. The number of rotatable bonds is 13. The molecule has 0 unspecified atom stereocenters. The van der Waals surface area contributed by atoms with Crippen LogP contribution in [0.2, 0.25) is 0 Å². The molecule has 0 fully saturated rings. The molecular formula is C33H42N4O7. The van der Waals surface area contributed by atoms with Gasteiger partial charge in [0, 0.05) is 24.9 Å². The third-order valence-electron chi connectivity index (χ3n) is 5.84. The Labute approximate surface area is 258 Å². The maximum absolute atomic E-state index is 13.5. The summed E-state index contributed by atoms with van der Waals surface area (Å²) in [5, 5.41) is 16.8. The van der Waals surface area contributed by atoms with E-state index >= 15 is 0 Å². The number of benzene rings is 2. The molecule has 0 spiro atoms. The molecule has 0 saturated heterocycles. The summed E-state index contributed by atoms with van der Waals surface area (Å²) in [5.41, 5.74) is 0.115. The molecule has 236 valence electrons. The lowest BCUT2D eigenvalue weighted by Crippen LogP contribution is -2.54. The number of anilines is 1. The van der Waals surface area contributed by atoms with E-state index in [0.29, 0.717) is 11.3 Å². The lowest BCUT2D eigenvalue weighted by Gasteiger charge is -2.27. The van der Waals surface area contributed by atoms with Crippen molar-refractivity contribution in [3.63, 3.8) is 0 Å². The number of amides is 3. The SMILES string of the molecule is CC(C)(C)OC(=O)C[C@H](NC(=O)CCCC(=O)Nc1ccc(C#N)cc1)C(=O)N[C@@H](Cc1ccccc1)C(=O)OC(C)(C)C. The molecule has 11 heteroatoms. The van der Waals surface area contributed by atoms with Crippen LogP contribution >= 0.6 is 0 Å². The van der Waals surface area contributed by atoms with Gasteiger partial charge in [-0.05, 0) is 77.8 Å². The fraction of sp³-hybridized carbons (Fsp3) is 0.455. The highest BCUT2D eigenvalue weighted by molar-refractivity contribution is 5.94. The summed E-state index contributed by atoms with van der Waals surface area (Å²) in [6.07, 6.45) is -0.251. The largest absolute Gasteiger partial charge is 0.460 e. The Morgan fingerprint density at radius 3 is 1.93 bits per heavy atom. The summed E-state index contributed by atoms with van der Waals surface area (Å²) >= 11 is 0. The van der Waals surface area contributed by atoms with Crippen LogP contribution < -0.4 is 16.0 Å². The third-order valence-corrected chi connectivity index (χ3v) is 5.84. The van der Waals surface area contributed by atoms with Crippen LogP contribution in [0, 0.1) is 11.3 Å². The van der Waals surface area contributed by atoms with E-state index in [-0.39, 0.29) is 31.6 Å². The van der Waals surface area contributed by atoms with Crippen LogP contribution in [0.15, 0.2) is 54.6 Å². The molecule has 2 aromatic carbocycles. The van der Waals surface area contributed by atoms with Gasteiger partial charge in [-0.3, -0.25) is 19.2 Å². The molecule has 0 aliphatic carbocycles. The first-order valence-electron chi connectivity index (χ1n) is 14.4. The van der Waals surface area contributed by atoms with Crippen LogP contribution in [-0.4, -0.2) is 52.9 Å². The fourth-order valence-corrected chi connectivity index (χ4v) is 3.98. The third kappa shape index (κ3) is 14.0. The van der Waals surface area contributed by atoms with Crippen LogP contribution in [-0.2, 0) is 39.9 Å². The predicted octanol–water partition coefficient (Wildman–Crippen LogP) is 3.95. The fourth-order valence-electron chi connectivity index (χ4n) is 3.98. The highest BCUT2D eigenvalue weighted by atomic mass is 16.6. The topological polar surface area (TPSA) is 164 Å². The predicted molar refractivity (Wildman–Crippen MR) is 164 cm³/mol. The summed E-state index contributed by atoms with van der Waals surface area (Å²) in [6, 6.07) is 15.0. The average Bonchev–Trinajstić information content (AvgIpc) is 2.91. The quantitative estimate of drug-likeness (QED) is 0.289. The van der Waals surface area contributed by atoms with Crippen LogP contribution in [0.25, 0.3) is 0 Å². The van der Waals surface area contributed by atoms with Crippen LogP contribution in [0.4, 0.5) is 5.69 Å². The molecule has 0 saturated carbocycles. The van der Waals surface area contributed by atoms with Crippen molar-refractivity contribution < 1.29 is 33.4 Å². The van der Waals surface area contributed by atoms with E-state index in [1.54, 1.807) is 90.1 Å². The van der Waals surface area contributed by atoms with E-state index in [9.17, 15) is 24.0 Å². The van der Waals surface area contributed by atoms with Gasteiger partial charge in [-0.2, -0.15) is 5.26 Å². The van der Waals surface area contributed by atoms with Crippen LogP contribution in [0.1, 0.15) is 78.4 Å². The summed E-state index contributed by atoms with van der Waals surface area (Å²) in [7, 11) is 0. The molecule has 2 aromatic rings. The number of esters is 2. The number of hydrogen-bond acceptors (Lipinski definition) is 8. The first-order valence-corrected chi connectivity index (χ1v) is 14.4. The molecule has 0 bridgehead atoms. The molecule has 3 amide bonds. The average molecular weight is 607 g/mol. The molecule has 11 nitrogen and oxygen atoms in total. The van der Waals surface area contributed by atoms with Crippen molar-refractivity contribution in [3.05, 3.63) is 65.7 Å². The van der Waals surface area contributed by atoms with Gasteiger partial charge in [-0.1, -0.05) is 30.3 Å². The minimum atomic E-state index is -1.34. The van der Waals surface area contributed by atoms with Gasteiger partial charge in [0.05, 0.1) is 18.1 Å². The second-order valence-corrected chi connectivity index (χ2v) is 12.3. The van der Waals surface area contributed by atoms with Crippen molar-refractivity contribution in [1.82, 2.24) is 10.6 Å². The highest BCUT2D eigenvalue weighted by Crippen LogP contribution is 2.14. The molecule has 2 rings (SSSR count). The molecular weight excluding hydrogens is 564 g/mol. The lowest BCUT2D eigenvalue weighted by atomic mass is 10.0. The number of nitrogens with zero attached hydrogens (tertiary/aromatic N) is 1. The zero-order valence-corrected chi connectivity index (χ0v) is 26.2. The summed E-state index contributed by atoms with van der Waals surface area (Å²) in [6.45, 7) is 10.2. The monoisotopic (exact) mass is 606 g/mol. The lowest BCUT2D eigenvalue weighted by molar-refractivity contribution is -0.159. The maximum atomic E-state index is 13.5. The van der Waals surface area contributed by atoms with Crippen molar-refractivity contribution in [2.24, 2.45) is 0 Å². The smallest absolute Gasteiger partial charge is 0.329 e. The van der Waals surface area contributed by atoms with Gasteiger partial charge in [0.15, 0.2) is 0 Å². The Balaban J connectivity index is 2.09. The minimum absolute atomic E-state index is 0.0220.